The van der Waals surface area contributed by atoms with E-state index in [9.17, 15) is 0 Å². The van der Waals surface area contributed by atoms with Gasteiger partial charge in [0.2, 0.25) is 5.88 Å². The fourth-order valence-corrected chi connectivity index (χ4v) is 3.83. The van der Waals surface area contributed by atoms with Crippen LogP contribution in [0.15, 0.2) is 30.9 Å². The molecule has 4 rings (SSSR count). The summed E-state index contributed by atoms with van der Waals surface area (Å²) in [4.78, 5) is 10.9. The Labute approximate surface area is 136 Å². The van der Waals surface area contributed by atoms with Gasteiger partial charge < -0.3 is 4.74 Å². The van der Waals surface area contributed by atoms with E-state index in [4.69, 9.17) is 4.74 Å². The Morgan fingerprint density at radius 2 is 2.04 bits per heavy atom. The molecule has 0 bridgehead atoms. The number of fused-ring (bicyclic) bond motifs is 1. The number of aryl methyl sites for hydroxylation is 1. The summed E-state index contributed by atoms with van der Waals surface area (Å²) in [6.45, 7) is 2.60. The number of nitrogens with zero attached hydrogens (tertiary/aromatic N) is 5. The van der Waals surface area contributed by atoms with E-state index >= 15 is 0 Å². The lowest BCUT2D eigenvalue weighted by molar-refractivity contribution is 0.0823. The number of ether oxygens (including phenoxy) is 1. The van der Waals surface area contributed by atoms with E-state index < -0.39 is 0 Å². The second kappa shape index (κ2) is 6.66. The highest BCUT2D eigenvalue weighted by molar-refractivity contribution is 5.05. The zero-order valence-electron chi connectivity index (χ0n) is 13.3. The molecule has 0 aromatic carbocycles. The standard InChI is InChI=1S/C17H23N5O/c1-2-4-14(3-1)21-12-15-5-7-20-22(15)10-6-16(21)13-23-17-11-18-8-9-19-17/h5,7-9,11,14,16H,1-4,6,10,12-13H2/t16-/m0/s1. The fraction of sp³-hybridized carbons (Fsp3) is 0.588. The van der Waals surface area contributed by atoms with E-state index in [1.807, 2.05) is 6.20 Å². The molecule has 122 valence electrons. The molecular weight excluding hydrogens is 290 g/mol. The Morgan fingerprint density at radius 1 is 1.13 bits per heavy atom. The topological polar surface area (TPSA) is 56.1 Å². The molecule has 6 heteroatoms. The van der Waals surface area contributed by atoms with Gasteiger partial charge in [-0.1, -0.05) is 12.8 Å². The minimum Gasteiger partial charge on any atom is -0.475 e. The highest BCUT2D eigenvalue weighted by Crippen LogP contribution is 2.29. The van der Waals surface area contributed by atoms with Gasteiger partial charge in [0.05, 0.1) is 11.9 Å². The number of rotatable bonds is 4. The zero-order chi connectivity index (χ0) is 15.5. The minimum atomic E-state index is 0.404. The first kappa shape index (κ1) is 14.6. The molecule has 1 fully saturated rings. The van der Waals surface area contributed by atoms with E-state index in [1.54, 1.807) is 18.6 Å². The number of aromatic nitrogens is 4. The van der Waals surface area contributed by atoms with E-state index in [-0.39, 0.29) is 0 Å². The molecule has 1 atom stereocenters. The predicted octanol–water partition coefficient (Wildman–Crippen LogP) is 2.27. The third kappa shape index (κ3) is 3.22. The first-order valence-electron chi connectivity index (χ1n) is 8.55. The van der Waals surface area contributed by atoms with Crippen LogP contribution in [0.2, 0.25) is 0 Å². The molecule has 6 nitrogen and oxygen atoms in total. The summed E-state index contributed by atoms with van der Waals surface area (Å²) in [6.07, 6.45) is 13.3. The van der Waals surface area contributed by atoms with Gasteiger partial charge in [0, 0.05) is 43.8 Å². The third-order valence-corrected chi connectivity index (χ3v) is 5.05. The van der Waals surface area contributed by atoms with Crippen LogP contribution < -0.4 is 4.74 Å². The lowest BCUT2D eigenvalue weighted by atomic mass is 10.1. The fourth-order valence-electron chi connectivity index (χ4n) is 3.83. The van der Waals surface area contributed by atoms with Gasteiger partial charge >= 0.3 is 0 Å². The summed E-state index contributed by atoms with van der Waals surface area (Å²) in [5, 5.41) is 4.46. The maximum atomic E-state index is 5.92. The summed E-state index contributed by atoms with van der Waals surface area (Å²) in [7, 11) is 0. The van der Waals surface area contributed by atoms with Gasteiger partial charge in [-0.05, 0) is 25.3 Å². The Hall–Kier alpha value is -1.95. The Morgan fingerprint density at radius 3 is 2.87 bits per heavy atom. The largest absolute Gasteiger partial charge is 0.475 e. The molecule has 2 aromatic heterocycles. The molecule has 0 N–H and O–H groups in total. The molecule has 0 unspecified atom stereocenters. The molecule has 2 aliphatic rings. The maximum Gasteiger partial charge on any atom is 0.232 e. The molecule has 1 saturated carbocycles. The quantitative estimate of drug-likeness (QED) is 0.866. The Bertz CT molecular complexity index is 623. The summed E-state index contributed by atoms with van der Waals surface area (Å²) in [5.41, 5.74) is 1.32. The first-order valence-corrected chi connectivity index (χ1v) is 8.55. The van der Waals surface area contributed by atoms with Gasteiger partial charge in [-0.15, -0.1) is 0 Å². The van der Waals surface area contributed by atoms with Crippen molar-refractivity contribution in [2.45, 2.75) is 57.3 Å². The van der Waals surface area contributed by atoms with Crippen molar-refractivity contribution in [3.05, 3.63) is 36.5 Å². The van der Waals surface area contributed by atoms with Gasteiger partial charge in [0.25, 0.3) is 0 Å². The normalized spacial score (nSPS) is 22.7. The average Bonchev–Trinajstić information content (AvgIpc) is 3.24. The molecule has 1 aliphatic carbocycles. The van der Waals surface area contributed by atoms with Crippen LogP contribution in [-0.2, 0) is 13.1 Å². The molecule has 23 heavy (non-hydrogen) atoms. The molecule has 2 aromatic rings. The van der Waals surface area contributed by atoms with E-state index in [1.165, 1.54) is 31.4 Å². The number of hydrogen-bond acceptors (Lipinski definition) is 5. The second-order valence-corrected chi connectivity index (χ2v) is 6.45. The van der Waals surface area contributed by atoms with E-state index in [2.05, 4.69) is 30.7 Å². The highest BCUT2D eigenvalue weighted by atomic mass is 16.5. The molecule has 1 aliphatic heterocycles. The summed E-state index contributed by atoms with van der Waals surface area (Å²) < 4.78 is 8.06. The molecular formula is C17H23N5O. The van der Waals surface area contributed by atoms with Crippen LogP contribution in [0.3, 0.4) is 0 Å². The van der Waals surface area contributed by atoms with Crippen molar-refractivity contribution in [1.29, 1.82) is 0 Å². The zero-order valence-corrected chi connectivity index (χ0v) is 13.3. The van der Waals surface area contributed by atoms with Gasteiger partial charge in [0.1, 0.15) is 6.61 Å². The maximum absolute atomic E-state index is 5.92. The van der Waals surface area contributed by atoms with Crippen LogP contribution in [0.4, 0.5) is 0 Å². The van der Waals surface area contributed by atoms with Gasteiger partial charge in [-0.3, -0.25) is 14.6 Å². The smallest absolute Gasteiger partial charge is 0.232 e. The van der Waals surface area contributed by atoms with Crippen molar-refractivity contribution >= 4 is 0 Å². The SMILES string of the molecule is c1cnc(OC[C@@H]2CCn3nccc3CN2C2CCCC2)cn1. The minimum absolute atomic E-state index is 0.404. The molecule has 3 heterocycles. The van der Waals surface area contributed by atoms with Crippen molar-refractivity contribution in [2.75, 3.05) is 6.61 Å². The lowest BCUT2D eigenvalue weighted by Gasteiger charge is -2.34. The van der Waals surface area contributed by atoms with Crippen molar-refractivity contribution in [1.82, 2.24) is 24.6 Å². The third-order valence-electron chi connectivity index (χ3n) is 5.05. The summed E-state index contributed by atoms with van der Waals surface area (Å²) in [6, 6.07) is 3.22. The van der Waals surface area contributed by atoms with Crippen LogP contribution in [0.5, 0.6) is 5.88 Å². The van der Waals surface area contributed by atoms with Crippen molar-refractivity contribution in [3.63, 3.8) is 0 Å². The van der Waals surface area contributed by atoms with Crippen molar-refractivity contribution < 1.29 is 4.74 Å². The van der Waals surface area contributed by atoms with Crippen molar-refractivity contribution in [2.24, 2.45) is 0 Å². The first-order chi connectivity index (χ1) is 11.4. The van der Waals surface area contributed by atoms with Crippen LogP contribution >= 0.6 is 0 Å². The molecule has 0 amide bonds. The van der Waals surface area contributed by atoms with E-state index in [0.717, 1.165) is 19.5 Å². The van der Waals surface area contributed by atoms with Crippen LogP contribution in [-0.4, -0.2) is 43.3 Å². The molecule has 0 radical (unpaired) electrons. The van der Waals surface area contributed by atoms with Gasteiger partial charge in [-0.2, -0.15) is 5.10 Å². The average molecular weight is 313 g/mol. The van der Waals surface area contributed by atoms with Crippen LogP contribution in [0.1, 0.15) is 37.8 Å². The van der Waals surface area contributed by atoms with Crippen LogP contribution in [0, 0.1) is 0 Å². The van der Waals surface area contributed by atoms with Gasteiger partial charge in [0.15, 0.2) is 0 Å². The van der Waals surface area contributed by atoms with Crippen LogP contribution in [0.25, 0.3) is 0 Å². The van der Waals surface area contributed by atoms with E-state index in [0.29, 0.717) is 24.6 Å². The number of hydrogen-bond donors (Lipinski definition) is 0. The Kier molecular flexibility index (Phi) is 4.24. The van der Waals surface area contributed by atoms with Crippen molar-refractivity contribution in [3.8, 4) is 5.88 Å². The summed E-state index contributed by atoms with van der Waals surface area (Å²) >= 11 is 0. The van der Waals surface area contributed by atoms with Gasteiger partial charge in [-0.25, -0.2) is 4.98 Å². The molecule has 0 spiro atoms. The summed E-state index contributed by atoms with van der Waals surface area (Å²) in [5.74, 6) is 0.612. The predicted molar refractivity (Wildman–Crippen MR) is 86.0 cm³/mol. The lowest BCUT2D eigenvalue weighted by Crippen LogP contribution is -2.44. The highest BCUT2D eigenvalue weighted by Gasteiger charge is 2.32. The Balaban J connectivity index is 1.49. The molecule has 0 saturated heterocycles. The monoisotopic (exact) mass is 313 g/mol. The second-order valence-electron chi connectivity index (χ2n) is 6.45.